The Balaban J connectivity index is 5.34. The Morgan fingerprint density at radius 2 is 1.47 bits per heavy atom. The van der Waals surface area contributed by atoms with Crippen LogP contribution in [-0.2, 0) is 33.6 Å². The lowest BCUT2D eigenvalue weighted by Crippen LogP contribution is -2.47. The van der Waals surface area contributed by atoms with E-state index in [1.165, 1.54) is 11.8 Å². The van der Waals surface area contributed by atoms with Crippen molar-refractivity contribution in [3.63, 3.8) is 0 Å². The Hall–Kier alpha value is -2.80. The van der Waals surface area contributed by atoms with Gasteiger partial charge in [-0.1, -0.05) is 0 Å². The fraction of sp³-hybridized carbons (Fsp3) is 0.667. The first kappa shape index (κ1) is 31.2. The monoisotopic (exact) mass is 504 g/mol. The number of carbonyl (C=O) groups excluding carboxylic acids is 5. The topological polar surface area (TPSA) is 204 Å². The van der Waals surface area contributed by atoms with Crippen molar-refractivity contribution in [2.45, 2.75) is 57.5 Å². The van der Waals surface area contributed by atoms with Crippen LogP contribution in [0.25, 0.3) is 0 Å². The highest BCUT2D eigenvalue weighted by Gasteiger charge is 2.30. The van der Waals surface area contributed by atoms with E-state index in [0.717, 1.165) is 6.92 Å². The molecule has 0 aliphatic heterocycles. The van der Waals surface area contributed by atoms with Gasteiger partial charge in [0.15, 0.2) is 11.6 Å². The summed E-state index contributed by atoms with van der Waals surface area (Å²) in [6, 6.07) is -2.22. The maximum Gasteiger partial charge on any atom is 0.304 e. The summed E-state index contributed by atoms with van der Waals surface area (Å²) in [6.07, 6.45) is 0.302. The van der Waals surface area contributed by atoms with E-state index in [9.17, 15) is 38.7 Å². The smallest absolute Gasteiger partial charge is 0.304 e. The SMILES string of the molecule is CSCC[C@H](NC(=O)[C@H](CO)CC(=O)C(CCC(=O)O)NC(C)=O)C(=O)C[C@H](C=O)CC(=O)O. The van der Waals surface area contributed by atoms with Gasteiger partial charge < -0.3 is 30.7 Å². The third-order valence-electron chi connectivity index (χ3n) is 4.86. The Kier molecular flexibility index (Phi) is 15.4. The molecule has 2 amide bonds. The first-order chi connectivity index (χ1) is 15.9. The summed E-state index contributed by atoms with van der Waals surface area (Å²) in [4.78, 5) is 82.0. The minimum atomic E-state index is -1.26. The van der Waals surface area contributed by atoms with Gasteiger partial charge in [0, 0.05) is 32.1 Å². The fourth-order valence-corrected chi connectivity index (χ4v) is 3.56. The number of amides is 2. The molecule has 0 aliphatic carbocycles. The van der Waals surface area contributed by atoms with E-state index >= 15 is 0 Å². The van der Waals surface area contributed by atoms with Crippen LogP contribution >= 0.6 is 11.8 Å². The molecule has 5 N–H and O–H groups in total. The predicted molar refractivity (Wildman–Crippen MR) is 121 cm³/mol. The van der Waals surface area contributed by atoms with Crippen molar-refractivity contribution < 1.29 is 48.9 Å². The van der Waals surface area contributed by atoms with Crippen LogP contribution in [0, 0.1) is 11.8 Å². The van der Waals surface area contributed by atoms with Crippen LogP contribution < -0.4 is 10.6 Å². The maximum absolute atomic E-state index is 12.7. The van der Waals surface area contributed by atoms with Crippen molar-refractivity contribution in [3.05, 3.63) is 0 Å². The number of aliphatic carboxylic acids is 2. The average molecular weight is 505 g/mol. The molecule has 0 heterocycles. The Morgan fingerprint density at radius 3 is 1.94 bits per heavy atom. The van der Waals surface area contributed by atoms with Gasteiger partial charge in [-0.25, -0.2) is 0 Å². The predicted octanol–water partition coefficient (Wildman–Crippen LogP) is -0.589. The molecule has 0 rings (SSSR count). The molecule has 1 unspecified atom stereocenters. The highest BCUT2D eigenvalue weighted by molar-refractivity contribution is 7.98. The number of nitrogens with one attached hydrogen (secondary N) is 2. The van der Waals surface area contributed by atoms with Gasteiger partial charge in [-0.05, 0) is 24.9 Å². The number of carboxylic acid groups (broad SMARTS) is 2. The molecular weight excluding hydrogens is 472 g/mol. The molecule has 34 heavy (non-hydrogen) atoms. The number of Topliss-reactive ketones (excluding diaryl/α,β-unsaturated/α-hetero) is 2. The van der Waals surface area contributed by atoms with E-state index in [-0.39, 0.29) is 12.8 Å². The number of aliphatic hydroxyl groups is 1. The van der Waals surface area contributed by atoms with Crippen molar-refractivity contribution in [2.24, 2.45) is 11.8 Å². The van der Waals surface area contributed by atoms with Crippen molar-refractivity contribution >= 4 is 53.4 Å². The number of aliphatic hydroxyl groups excluding tert-OH is 1. The Bertz CT molecular complexity index is 758. The van der Waals surface area contributed by atoms with Gasteiger partial charge in [-0.2, -0.15) is 11.8 Å². The first-order valence-electron chi connectivity index (χ1n) is 10.6. The lowest BCUT2D eigenvalue weighted by Gasteiger charge is -2.23. The van der Waals surface area contributed by atoms with E-state index < -0.39 is 91.5 Å². The molecule has 0 bridgehead atoms. The standard InChI is InChI=1S/C21H32N2O10S/c1-12(26)22-15(3-4-19(29)30)18(28)9-14(11-25)21(33)23-16(5-6-34-2)17(27)7-13(10-24)8-20(31)32/h10,13-16,25H,3-9,11H2,1-2H3,(H,22,26)(H,23,33)(H,29,30)(H,31,32)/t13-,14-,15?,16-/m0/s1. The first-order valence-corrected chi connectivity index (χ1v) is 12.0. The van der Waals surface area contributed by atoms with Gasteiger partial charge in [0.2, 0.25) is 11.8 Å². The van der Waals surface area contributed by atoms with Gasteiger partial charge >= 0.3 is 11.9 Å². The molecule has 0 aromatic heterocycles. The molecule has 0 fully saturated rings. The normalized spacial score (nSPS) is 14.2. The molecule has 12 nitrogen and oxygen atoms in total. The summed E-state index contributed by atoms with van der Waals surface area (Å²) in [6.45, 7) is 0.402. The van der Waals surface area contributed by atoms with Crippen LogP contribution in [0.2, 0.25) is 0 Å². The second kappa shape index (κ2) is 16.8. The van der Waals surface area contributed by atoms with Crippen LogP contribution in [0.5, 0.6) is 0 Å². The van der Waals surface area contributed by atoms with E-state index in [0.29, 0.717) is 12.0 Å². The molecule has 192 valence electrons. The average Bonchev–Trinajstić information content (AvgIpc) is 2.75. The quantitative estimate of drug-likeness (QED) is 0.141. The zero-order valence-electron chi connectivity index (χ0n) is 19.2. The number of carbonyl (C=O) groups is 7. The number of ketones is 2. The fourth-order valence-electron chi connectivity index (χ4n) is 3.08. The molecule has 0 saturated heterocycles. The van der Waals surface area contributed by atoms with Crippen LogP contribution in [0.4, 0.5) is 0 Å². The zero-order valence-corrected chi connectivity index (χ0v) is 20.0. The Morgan fingerprint density at radius 1 is 0.882 bits per heavy atom. The largest absolute Gasteiger partial charge is 0.481 e. The van der Waals surface area contributed by atoms with Gasteiger partial charge in [-0.15, -0.1) is 0 Å². The lowest BCUT2D eigenvalue weighted by molar-refractivity contribution is -0.140. The molecule has 0 aliphatic rings. The molecule has 4 atom stereocenters. The highest BCUT2D eigenvalue weighted by atomic mass is 32.2. The van der Waals surface area contributed by atoms with Crippen LogP contribution in [0.15, 0.2) is 0 Å². The summed E-state index contributed by atoms with van der Waals surface area (Å²) < 4.78 is 0. The van der Waals surface area contributed by atoms with Gasteiger partial charge in [-0.3, -0.25) is 28.8 Å². The minimum Gasteiger partial charge on any atom is -0.481 e. The zero-order chi connectivity index (χ0) is 26.3. The second-order valence-corrected chi connectivity index (χ2v) is 8.73. The van der Waals surface area contributed by atoms with E-state index in [1.807, 2.05) is 0 Å². The number of hydrogen-bond donors (Lipinski definition) is 5. The molecule has 0 radical (unpaired) electrons. The van der Waals surface area contributed by atoms with Crippen LogP contribution in [0.1, 0.15) is 45.4 Å². The van der Waals surface area contributed by atoms with Crippen molar-refractivity contribution in [1.29, 1.82) is 0 Å². The van der Waals surface area contributed by atoms with Gasteiger partial charge in [0.05, 0.1) is 31.0 Å². The molecule has 0 spiro atoms. The number of rotatable bonds is 19. The Labute approximate surface area is 201 Å². The molecule has 0 aromatic rings. The van der Waals surface area contributed by atoms with E-state index in [4.69, 9.17) is 10.2 Å². The van der Waals surface area contributed by atoms with E-state index in [1.54, 1.807) is 6.26 Å². The van der Waals surface area contributed by atoms with Crippen molar-refractivity contribution in [3.8, 4) is 0 Å². The van der Waals surface area contributed by atoms with E-state index in [2.05, 4.69) is 10.6 Å². The third-order valence-corrected chi connectivity index (χ3v) is 5.50. The minimum absolute atomic E-state index is 0.184. The van der Waals surface area contributed by atoms with Crippen molar-refractivity contribution in [1.82, 2.24) is 10.6 Å². The van der Waals surface area contributed by atoms with Gasteiger partial charge in [0.1, 0.15) is 6.29 Å². The molecule has 13 heteroatoms. The number of thioether (sulfide) groups is 1. The van der Waals surface area contributed by atoms with Crippen molar-refractivity contribution in [2.75, 3.05) is 18.6 Å². The second-order valence-electron chi connectivity index (χ2n) is 7.74. The summed E-state index contributed by atoms with van der Waals surface area (Å²) in [5.74, 6) is -6.86. The lowest BCUT2D eigenvalue weighted by atomic mass is 9.93. The summed E-state index contributed by atoms with van der Waals surface area (Å²) in [7, 11) is 0. The molecule has 0 aromatic carbocycles. The molecular formula is C21H32N2O10S. The van der Waals surface area contributed by atoms with Crippen LogP contribution in [-0.4, -0.2) is 87.6 Å². The summed E-state index contributed by atoms with van der Waals surface area (Å²) >= 11 is 1.39. The summed E-state index contributed by atoms with van der Waals surface area (Å²) in [5.41, 5.74) is 0. The number of hydrogen-bond acceptors (Lipinski definition) is 9. The number of carboxylic acids is 2. The highest BCUT2D eigenvalue weighted by Crippen LogP contribution is 2.14. The third kappa shape index (κ3) is 13.0. The summed E-state index contributed by atoms with van der Waals surface area (Å²) in [5, 5.41) is 32.1. The molecule has 0 saturated carbocycles. The number of aldehydes is 1. The van der Waals surface area contributed by atoms with Gasteiger partial charge in [0.25, 0.3) is 0 Å². The van der Waals surface area contributed by atoms with Crippen LogP contribution in [0.3, 0.4) is 0 Å². The maximum atomic E-state index is 12.7.